The number of fused-ring (bicyclic) bond motifs is 1. The standard InChI is InChI=1S/C21H22FN3O4S/c1-2-24-8-7-15-13-16(3-6-20(15)24)23-21(26)18-14-17(4-5-19(18)22)30(27,28)25-9-11-29-12-10-25/h3-8,13-14H,2,9-12H2,1H3,(H,23,26). The van der Waals surface area contributed by atoms with Crippen LogP contribution in [0.4, 0.5) is 10.1 Å². The molecule has 1 N–H and O–H groups in total. The van der Waals surface area contributed by atoms with Gasteiger partial charge < -0.3 is 14.6 Å². The van der Waals surface area contributed by atoms with Gasteiger partial charge in [0.05, 0.1) is 23.7 Å². The van der Waals surface area contributed by atoms with E-state index in [-0.39, 0.29) is 23.5 Å². The van der Waals surface area contributed by atoms with Crippen LogP contribution in [0.5, 0.6) is 0 Å². The van der Waals surface area contributed by atoms with Gasteiger partial charge in [-0.15, -0.1) is 0 Å². The Bertz CT molecular complexity index is 1200. The third-order valence-electron chi connectivity index (χ3n) is 5.16. The molecule has 0 radical (unpaired) electrons. The zero-order chi connectivity index (χ0) is 21.3. The average Bonchev–Trinajstić information content (AvgIpc) is 3.16. The van der Waals surface area contributed by atoms with Crippen molar-refractivity contribution in [2.75, 3.05) is 31.6 Å². The third kappa shape index (κ3) is 3.83. The van der Waals surface area contributed by atoms with Crippen molar-refractivity contribution in [3.63, 3.8) is 0 Å². The number of hydrogen-bond donors (Lipinski definition) is 1. The fourth-order valence-corrected chi connectivity index (χ4v) is 4.96. The van der Waals surface area contributed by atoms with Crippen molar-refractivity contribution in [3.05, 3.63) is 60.0 Å². The van der Waals surface area contributed by atoms with E-state index in [1.165, 1.54) is 10.4 Å². The lowest BCUT2D eigenvalue weighted by atomic mass is 10.2. The van der Waals surface area contributed by atoms with E-state index in [0.29, 0.717) is 18.9 Å². The second-order valence-electron chi connectivity index (χ2n) is 6.99. The number of halogens is 1. The molecule has 2 heterocycles. The van der Waals surface area contributed by atoms with Gasteiger partial charge in [0, 0.05) is 42.4 Å². The minimum atomic E-state index is -3.83. The summed E-state index contributed by atoms with van der Waals surface area (Å²) in [4.78, 5) is 12.6. The summed E-state index contributed by atoms with van der Waals surface area (Å²) in [6.45, 7) is 3.91. The van der Waals surface area contributed by atoms with E-state index in [4.69, 9.17) is 4.74 Å². The lowest BCUT2D eigenvalue weighted by molar-refractivity contribution is 0.0730. The second-order valence-corrected chi connectivity index (χ2v) is 8.93. The summed E-state index contributed by atoms with van der Waals surface area (Å²) in [6.07, 6.45) is 1.95. The van der Waals surface area contributed by atoms with Gasteiger partial charge in [0.25, 0.3) is 5.91 Å². The summed E-state index contributed by atoms with van der Waals surface area (Å²) in [6, 6.07) is 10.6. The van der Waals surface area contributed by atoms with Crippen molar-refractivity contribution in [1.29, 1.82) is 0 Å². The van der Waals surface area contributed by atoms with Crippen LogP contribution in [0.25, 0.3) is 10.9 Å². The Labute approximate surface area is 174 Å². The summed E-state index contributed by atoms with van der Waals surface area (Å²) in [7, 11) is -3.83. The normalized spacial score (nSPS) is 15.4. The van der Waals surface area contributed by atoms with Crippen molar-refractivity contribution < 1.29 is 22.3 Å². The average molecular weight is 431 g/mol. The highest BCUT2D eigenvalue weighted by Crippen LogP contribution is 2.23. The molecule has 3 aromatic rings. The maximum absolute atomic E-state index is 14.4. The van der Waals surface area contributed by atoms with Gasteiger partial charge in [-0.2, -0.15) is 4.31 Å². The molecular weight excluding hydrogens is 409 g/mol. The molecule has 0 saturated carbocycles. The molecule has 1 aromatic heterocycles. The first-order valence-corrected chi connectivity index (χ1v) is 11.1. The van der Waals surface area contributed by atoms with E-state index in [1.54, 1.807) is 12.1 Å². The molecule has 0 atom stereocenters. The first-order chi connectivity index (χ1) is 14.4. The molecule has 0 aliphatic carbocycles. The van der Waals surface area contributed by atoms with Gasteiger partial charge >= 0.3 is 0 Å². The molecule has 1 amide bonds. The SMILES string of the molecule is CCn1ccc2cc(NC(=O)c3cc(S(=O)(=O)N4CCOCC4)ccc3F)ccc21. The minimum Gasteiger partial charge on any atom is -0.379 e. The molecule has 0 unspecified atom stereocenters. The highest BCUT2D eigenvalue weighted by Gasteiger charge is 2.28. The number of aromatic nitrogens is 1. The highest BCUT2D eigenvalue weighted by atomic mass is 32.2. The van der Waals surface area contributed by atoms with Gasteiger partial charge in [0.15, 0.2) is 0 Å². The number of carbonyl (C=O) groups excluding carboxylic acids is 1. The predicted molar refractivity (Wildman–Crippen MR) is 112 cm³/mol. The van der Waals surface area contributed by atoms with E-state index in [1.807, 2.05) is 25.3 Å². The van der Waals surface area contributed by atoms with Crippen LogP contribution in [0.2, 0.25) is 0 Å². The van der Waals surface area contributed by atoms with Crippen LogP contribution in [0.3, 0.4) is 0 Å². The fraction of sp³-hybridized carbons (Fsp3) is 0.286. The molecule has 9 heteroatoms. The Kier molecular flexibility index (Phi) is 5.59. The molecule has 1 aliphatic heterocycles. The van der Waals surface area contributed by atoms with E-state index in [2.05, 4.69) is 9.88 Å². The summed E-state index contributed by atoms with van der Waals surface area (Å²) in [5.41, 5.74) is 1.21. The monoisotopic (exact) mass is 431 g/mol. The zero-order valence-corrected chi connectivity index (χ0v) is 17.3. The van der Waals surface area contributed by atoms with E-state index < -0.39 is 21.7 Å². The number of benzene rings is 2. The largest absolute Gasteiger partial charge is 0.379 e. The van der Waals surface area contributed by atoms with Crippen molar-refractivity contribution in [1.82, 2.24) is 8.87 Å². The molecule has 4 rings (SSSR count). The number of rotatable bonds is 5. The van der Waals surface area contributed by atoms with Crippen molar-refractivity contribution in [2.24, 2.45) is 0 Å². The van der Waals surface area contributed by atoms with Crippen LogP contribution in [0, 0.1) is 5.82 Å². The second kappa shape index (κ2) is 8.17. The number of carbonyl (C=O) groups is 1. The van der Waals surface area contributed by atoms with Gasteiger partial charge in [-0.05, 0) is 49.4 Å². The molecule has 1 fully saturated rings. The molecule has 158 valence electrons. The Balaban J connectivity index is 1.60. The van der Waals surface area contributed by atoms with Crippen molar-refractivity contribution in [2.45, 2.75) is 18.4 Å². The summed E-state index contributed by atoms with van der Waals surface area (Å²) < 4.78 is 48.5. The van der Waals surface area contributed by atoms with Crippen LogP contribution in [0.15, 0.2) is 53.6 Å². The number of aryl methyl sites for hydroxylation is 1. The number of nitrogens with one attached hydrogen (secondary N) is 1. The molecule has 0 spiro atoms. The summed E-state index contributed by atoms with van der Waals surface area (Å²) >= 11 is 0. The van der Waals surface area contributed by atoms with Gasteiger partial charge in [-0.1, -0.05) is 0 Å². The number of sulfonamides is 1. The van der Waals surface area contributed by atoms with Crippen molar-refractivity contribution in [3.8, 4) is 0 Å². The van der Waals surface area contributed by atoms with Gasteiger partial charge in [-0.3, -0.25) is 4.79 Å². The zero-order valence-electron chi connectivity index (χ0n) is 16.5. The molecule has 2 aromatic carbocycles. The topological polar surface area (TPSA) is 80.6 Å². The summed E-state index contributed by atoms with van der Waals surface area (Å²) in [5.74, 6) is -1.49. The number of ether oxygens (including phenoxy) is 1. The quantitative estimate of drug-likeness (QED) is 0.673. The lowest BCUT2D eigenvalue weighted by Gasteiger charge is -2.26. The molecule has 0 bridgehead atoms. The van der Waals surface area contributed by atoms with E-state index >= 15 is 0 Å². The maximum atomic E-state index is 14.4. The van der Waals surface area contributed by atoms with Crippen LogP contribution in [-0.2, 0) is 21.3 Å². The van der Waals surface area contributed by atoms with Crippen molar-refractivity contribution >= 4 is 32.5 Å². The van der Waals surface area contributed by atoms with Gasteiger partial charge in [-0.25, -0.2) is 12.8 Å². The number of amides is 1. The van der Waals surface area contributed by atoms with Crippen LogP contribution >= 0.6 is 0 Å². The number of nitrogens with zero attached hydrogens (tertiary/aromatic N) is 2. The Morgan fingerprint density at radius 3 is 2.63 bits per heavy atom. The number of anilines is 1. The molecule has 1 aliphatic rings. The number of hydrogen-bond acceptors (Lipinski definition) is 4. The minimum absolute atomic E-state index is 0.119. The molecule has 30 heavy (non-hydrogen) atoms. The first-order valence-electron chi connectivity index (χ1n) is 9.68. The van der Waals surface area contributed by atoms with Gasteiger partial charge in [0.2, 0.25) is 10.0 Å². The Morgan fingerprint density at radius 2 is 1.90 bits per heavy atom. The summed E-state index contributed by atoms with van der Waals surface area (Å²) in [5, 5.41) is 3.60. The smallest absolute Gasteiger partial charge is 0.258 e. The number of morpholine rings is 1. The molecule has 7 nitrogen and oxygen atoms in total. The molecule has 1 saturated heterocycles. The lowest BCUT2D eigenvalue weighted by Crippen LogP contribution is -2.40. The van der Waals surface area contributed by atoms with E-state index in [9.17, 15) is 17.6 Å². The fourth-order valence-electron chi connectivity index (χ4n) is 3.53. The Hall–Kier alpha value is -2.75. The van der Waals surface area contributed by atoms with Crippen LogP contribution < -0.4 is 5.32 Å². The molecular formula is C21H22FN3O4S. The Morgan fingerprint density at radius 1 is 1.13 bits per heavy atom. The maximum Gasteiger partial charge on any atom is 0.258 e. The van der Waals surface area contributed by atoms with Gasteiger partial charge in [0.1, 0.15) is 5.82 Å². The van der Waals surface area contributed by atoms with Crippen LogP contribution in [0.1, 0.15) is 17.3 Å². The first kappa shape index (κ1) is 20.5. The predicted octanol–water partition coefficient (Wildman–Crippen LogP) is 3.07. The highest BCUT2D eigenvalue weighted by molar-refractivity contribution is 7.89. The third-order valence-corrected chi connectivity index (χ3v) is 7.05. The van der Waals surface area contributed by atoms with E-state index in [0.717, 1.165) is 29.6 Å². The van der Waals surface area contributed by atoms with Crippen LogP contribution in [-0.4, -0.2) is 49.5 Å².